The number of thioether (sulfide) groups is 1. The maximum Gasteiger partial charge on any atom is 0.0902 e. The molecule has 1 rings (SSSR count). The summed E-state index contributed by atoms with van der Waals surface area (Å²) in [6.45, 7) is 3.20. The van der Waals surface area contributed by atoms with Gasteiger partial charge >= 0.3 is 0 Å². The first-order chi connectivity index (χ1) is 4.93. The zero-order valence-electron chi connectivity index (χ0n) is 6.34. The van der Waals surface area contributed by atoms with E-state index in [0.29, 0.717) is 0 Å². The summed E-state index contributed by atoms with van der Waals surface area (Å²) in [5.74, 6) is 1.17. The average molecular weight is 155 g/mol. The third kappa shape index (κ3) is 2.56. The van der Waals surface area contributed by atoms with Crippen molar-refractivity contribution in [2.24, 2.45) is 4.99 Å². The summed E-state index contributed by atoms with van der Waals surface area (Å²) >= 11 is 1.86. The minimum Gasteiger partial charge on any atom is -0.278 e. The Labute approximate surface area is 66.6 Å². The van der Waals surface area contributed by atoms with Gasteiger partial charge in [-0.15, -0.1) is 11.8 Å². The molecule has 0 aliphatic carbocycles. The smallest absolute Gasteiger partial charge is 0.0902 e. The van der Waals surface area contributed by atoms with Gasteiger partial charge in [0.05, 0.1) is 5.04 Å². The number of unbranched alkanes of at least 4 members (excludes halogenated alkanes) is 1. The molecule has 1 nitrogen and oxygen atoms in total. The van der Waals surface area contributed by atoms with Crippen molar-refractivity contribution in [3.8, 4) is 0 Å². The summed E-state index contributed by atoms with van der Waals surface area (Å²) in [5, 5.41) is 1.22. The molecule has 1 aliphatic rings. The summed E-state index contributed by atoms with van der Waals surface area (Å²) < 4.78 is 0. The van der Waals surface area contributed by atoms with Gasteiger partial charge in [-0.05, 0) is 12.5 Å². The van der Waals surface area contributed by atoms with Crippen molar-refractivity contribution in [3.05, 3.63) is 12.2 Å². The lowest BCUT2D eigenvalue weighted by molar-refractivity contribution is 0.959. The van der Waals surface area contributed by atoms with Gasteiger partial charge in [-0.25, -0.2) is 0 Å². The molecule has 0 saturated carbocycles. The Kier molecular flexibility index (Phi) is 3.58. The van der Waals surface area contributed by atoms with E-state index in [0.717, 1.165) is 6.54 Å². The molecule has 0 atom stereocenters. The molecule has 0 N–H and O–H groups in total. The second-order valence-corrected chi connectivity index (χ2v) is 3.37. The zero-order chi connectivity index (χ0) is 7.23. The van der Waals surface area contributed by atoms with Crippen LogP contribution in [0.2, 0.25) is 0 Å². The van der Waals surface area contributed by atoms with E-state index < -0.39 is 0 Å². The molecule has 0 aromatic carbocycles. The lowest BCUT2D eigenvalue weighted by Crippen LogP contribution is -1.77. The molecule has 0 radical (unpaired) electrons. The number of aliphatic imine (C=N–C) groups is 1. The van der Waals surface area contributed by atoms with Crippen LogP contribution in [0.5, 0.6) is 0 Å². The molecule has 0 aromatic rings. The topological polar surface area (TPSA) is 12.4 Å². The van der Waals surface area contributed by atoms with Crippen LogP contribution in [0.1, 0.15) is 19.8 Å². The predicted molar refractivity (Wildman–Crippen MR) is 48.8 cm³/mol. The first-order valence-corrected chi connectivity index (χ1v) is 4.76. The minimum absolute atomic E-state index is 1.01. The maximum absolute atomic E-state index is 4.30. The van der Waals surface area contributed by atoms with E-state index in [2.05, 4.69) is 24.1 Å². The van der Waals surface area contributed by atoms with Crippen molar-refractivity contribution < 1.29 is 0 Å². The second-order valence-electron chi connectivity index (χ2n) is 2.26. The van der Waals surface area contributed by atoms with Gasteiger partial charge in [0.1, 0.15) is 0 Å². The Morgan fingerprint density at radius 1 is 1.70 bits per heavy atom. The van der Waals surface area contributed by atoms with Crippen LogP contribution < -0.4 is 0 Å². The van der Waals surface area contributed by atoms with Crippen LogP contribution in [0.15, 0.2) is 17.1 Å². The van der Waals surface area contributed by atoms with Crippen LogP contribution in [-0.2, 0) is 0 Å². The molecule has 0 saturated heterocycles. The largest absolute Gasteiger partial charge is 0.278 e. The highest BCUT2D eigenvalue weighted by atomic mass is 32.2. The van der Waals surface area contributed by atoms with Crippen LogP contribution in [0.25, 0.3) is 0 Å². The summed E-state index contributed by atoms with van der Waals surface area (Å²) in [7, 11) is 0. The monoisotopic (exact) mass is 155 g/mol. The molecule has 0 spiro atoms. The zero-order valence-corrected chi connectivity index (χ0v) is 7.16. The fourth-order valence-corrected chi connectivity index (χ4v) is 1.57. The van der Waals surface area contributed by atoms with E-state index in [-0.39, 0.29) is 0 Å². The summed E-state index contributed by atoms with van der Waals surface area (Å²) in [5.41, 5.74) is 0. The Bertz CT molecular complexity index is 149. The summed E-state index contributed by atoms with van der Waals surface area (Å²) in [6.07, 6.45) is 6.76. The molecule has 0 unspecified atom stereocenters. The molecule has 0 amide bonds. The molecular formula is C8H13NS. The predicted octanol–water partition coefficient (Wildman–Crippen LogP) is 2.49. The quantitative estimate of drug-likeness (QED) is 0.610. The first kappa shape index (κ1) is 7.86. The van der Waals surface area contributed by atoms with Gasteiger partial charge in [0.15, 0.2) is 0 Å². The molecule has 0 fully saturated rings. The normalized spacial score (nSPS) is 18.3. The standard InChI is InChI=1S/C8H13NS/c1-2-3-4-5-8-9-6-7-10-8/h4-5H,2-3,6-7H2,1H3/b5-4+. The van der Waals surface area contributed by atoms with Crippen LogP contribution in [-0.4, -0.2) is 17.3 Å². The van der Waals surface area contributed by atoms with Gasteiger partial charge in [0.25, 0.3) is 0 Å². The fourth-order valence-electron chi connectivity index (χ4n) is 0.803. The van der Waals surface area contributed by atoms with Crippen LogP contribution in [0.4, 0.5) is 0 Å². The number of hydrogen-bond donors (Lipinski definition) is 0. The lowest BCUT2D eigenvalue weighted by Gasteiger charge is -1.86. The summed E-state index contributed by atoms with van der Waals surface area (Å²) in [6, 6.07) is 0. The fraction of sp³-hybridized carbons (Fsp3) is 0.625. The van der Waals surface area contributed by atoms with Crippen molar-refractivity contribution in [3.63, 3.8) is 0 Å². The highest BCUT2D eigenvalue weighted by Gasteiger charge is 2.00. The van der Waals surface area contributed by atoms with E-state index in [4.69, 9.17) is 0 Å². The van der Waals surface area contributed by atoms with Gasteiger partial charge in [-0.2, -0.15) is 0 Å². The molecule has 10 heavy (non-hydrogen) atoms. The van der Waals surface area contributed by atoms with E-state index >= 15 is 0 Å². The SMILES string of the molecule is CCC/C=C/C1=NCCS1. The van der Waals surface area contributed by atoms with Gasteiger partial charge in [-0.3, -0.25) is 4.99 Å². The lowest BCUT2D eigenvalue weighted by atomic mass is 10.3. The van der Waals surface area contributed by atoms with Crippen molar-refractivity contribution >= 4 is 16.8 Å². The molecule has 56 valence electrons. The van der Waals surface area contributed by atoms with E-state index in [9.17, 15) is 0 Å². The molecule has 2 heteroatoms. The molecular weight excluding hydrogens is 142 g/mol. The van der Waals surface area contributed by atoms with Gasteiger partial charge in [-0.1, -0.05) is 19.4 Å². The Hall–Kier alpha value is -0.240. The summed E-state index contributed by atoms with van der Waals surface area (Å²) in [4.78, 5) is 4.30. The van der Waals surface area contributed by atoms with Crippen LogP contribution in [0.3, 0.4) is 0 Å². The first-order valence-electron chi connectivity index (χ1n) is 3.77. The van der Waals surface area contributed by atoms with Gasteiger partial charge in [0, 0.05) is 12.3 Å². The van der Waals surface area contributed by atoms with Crippen molar-refractivity contribution in [1.82, 2.24) is 0 Å². The van der Waals surface area contributed by atoms with Crippen molar-refractivity contribution in [1.29, 1.82) is 0 Å². The van der Waals surface area contributed by atoms with E-state index in [1.54, 1.807) is 0 Å². The Morgan fingerprint density at radius 3 is 3.20 bits per heavy atom. The number of rotatable bonds is 3. The van der Waals surface area contributed by atoms with Gasteiger partial charge in [0.2, 0.25) is 0 Å². The molecule has 0 bridgehead atoms. The Morgan fingerprint density at radius 2 is 2.60 bits per heavy atom. The van der Waals surface area contributed by atoms with Crippen LogP contribution >= 0.6 is 11.8 Å². The highest BCUT2D eigenvalue weighted by Crippen LogP contribution is 2.12. The maximum atomic E-state index is 4.30. The van der Waals surface area contributed by atoms with Crippen molar-refractivity contribution in [2.75, 3.05) is 12.3 Å². The van der Waals surface area contributed by atoms with Crippen molar-refractivity contribution in [2.45, 2.75) is 19.8 Å². The second kappa shape index (κ2) is 4.56. The number of nitrogens with zero attached hydrogens (tertiary/aromatic N) is 1. The van der Waals surface area contributed by atoms with Crippen LogP contribution in [0, 0.1) is 0 Å². The van der Waals surface area contributed by atoms with E-state index in [1.165, 1.54) is 23.6 Å². The van der Waals surface area contributed by atoms with Gasteiger partial charge < -0.3 is 0 Å². The molecule has 0 aromatic heterocycles. The molecule has 1 heterocycles. The highest BCUT2D eigenvalue weighted by molar-refractivity contribution is 8.14. The minimum atomic E-state index is 1.01. The molecule has 1 aliphatic heterocycles. The Balaban J connectivity index is 2.23. The average Bonchev–Trinajstić information content (AvgIpc) is 2.41. The third-order valence-electron chi connectivity index (χ3n) is 1.32. The van der Waals surface area contributed by atoms with E-state index in [1.807, 2.05) is 11.8 Å². The number of hydrogen-bond acceptors (Lipinski definition) is 2. The number of allylic oxidation sites excluding steroid dienone is 1. The third-order valence-corrected chi connectivity index (χ3v) is 2.27.